The van der Waals surface area contributed by atoms with Crippen LogP contribution < -0.4 is 0 Å². The van der Waals surface area contributed by atoms with Crippen molar-refractivity contribution in [2.75, 3.05) is 52.7 Å². The molecule has 0 N–H and O–H groups in total. The fourth-order valence-corrected chi connectivity index (χ4v) is 5.97. The van der Waals surface area contributed by atoms with Crippen LogP contribution in [0.2, 0.25) is 0 Å². The van der Waals surface area contributed by atoms with E-state index in [4.69, 9.17) is 14.2 Å². The molecule has 1 fully saturated rings. The summed E-state index contributed by atoms with van der Waals surface area (Å²) < 4.78 is 18.1. The smallest absolute Gasteiger partial charge is 0.0934 e. The van der Waals surface area contributed by atoms with Gasteiger partial charge in [-0.2, -0.15) is 0 Å². The van der Waals surface area contributed by atoms with E-state index in [2.05, 4.69) is 67.4 Å². The summed E-state index contributed by atoms with van der Waals surface area (Å²) in [6.07, 6.45) is 49.7. The quantitative estimate of drug-likeness (QED) is 0.0501. The second kappa shape index (κ2) is 37.6. The molecule has 0 saturated carbocycles. The maximum absolute atomic E-state index is 6.37. The van der Waals surface area contributed by atoms with Crippen molar-refractivity contribution in [3.8, 4) is 0 Å². The van der Waals surface area contributed by atoms with Crippen molar-refractivity contribution in [2.24, 2.45) is 0 Å². The number of unbranched alkanes of at least 4 members (excludes halogenated alkanes) is 18. The van der Waals surface area contributed by atoms with Crippen LogP contribution in [0, 0.1) is 0 Å². The van der Waals surface area contributed by atoms with Crippen molar-refractivity contribution in [3.63, 3.8) is 0 Å². The van der Waals surface area contributed by atoms with Crippen LogP contribution in [0.25, 0.3) is 0 Å². The standard InChI is InChI=1S/C43H79NO3/c1-3-5-7-9-11-13-15-17-19-21-23-25-27-29-31-33-37-46-42-43(41-44-35-39-45-40-36-44)47-38-34-32-30-28-26-24-22-20-18-16-14-12-10-8-6-4-2/h11-14,17-20,43H,3-10,15-16,21-42H2,1-2H3/b13-11-,14-12+,19-17-,20-18+. The van der Waals surface area contributed by atoms with Crippen molar-refractivity contribution in [1.29, 1.82) is 0 Å². The molecule has 1 heterocycles. The average Bonchev–Trinajstić information content (AvgIpc) is 3.09. The average molecular weight is 658 g/mol. The molecular weight excluding hydrogens is 578 g/mol. The van der Waals surface area contributed by atoms with Gasteiger partial charge in [0.15, 0.2) is 0 Å². The molecule has 1 unspecified atom stereocenters. The summed E-state index contributed by atoms with van der Waals surface area (Å²) >= 11 is 0. The molecule has 274 valence electrons. The first-order chi connectivity index (χ1) is 23.4. The lowest BCUT2D eigenvalue weighted by atomic mass is 10.1. The van der Waals surface area contributed by atoms with E-state index >= 15 is 0 Å². The highest BCUT2D eigenvalue weighted by molar-refractivity contribution is 4.93. The van der Waals surface area contributed by atoms with Gasteiger partial charge in [-0.05, 0) is 77.0 Å². The number of ether oxygens (including phenoxy) is 3. The second-order valence-corrected chi connectivity index (χ2v) is 13.6. The van der Waals surface area contributed by atoms with Crippen LogP contribution in [0.4, 0.5) is 0 Å². The first-order valence-corrected chi connectivity index (χ1v) is 20.5. The number of rotatable bonds is 35. The predicted molar refractivity (Wildman–Crippen MR) is 207 cm³/mol. The molecule has 0 aliphatic carbocycles. The van der Waals surface area contributed by atoms with Gasteiger partial charge in [-0.1, -0.05) is 140 Å². The topological polar surface area (TPSA) is 30.9 Å². The molecule has 1 rings (SSSR count). The highest BCUT2D eigenvalue weighted by atomic mass is 16.5. The molecule has 4 nitrogen and oxygen atoms in total. The first kappa shape index (κ1) is 43.8. The third-order valence-electron chi connectivity index (χ3n) is 9.06. The van der Waals surface area contributed by atoms with Crippen molar-refractivity contribution in [1.82, 2.24) is 4.90 Å². The Balaban J connectivity index is 2.01. The Kier molecular flexibility index (Phi) is 35.1. The zero-order valence-corrected chi connectivity index (χ0v) is 31.5. The fourth-order valence-electron chi connectivity index (χ4n) is 5.97. The van der Waals surface area contributed by atoms with Crippen molar-refractivity contribution in [2.45, 2.75) is 174 Å². The van der Waals surface area contributed by atoms with E-state index in [1.165, 1.54) is 135 Å². The van der Waals surface area contributed by atoms with Crippen LogP contribution in [0.15, 0.2) is 48.6 Å². The third-order valence-corrected chi connectivity index (χ3v) is 9.06. The summed E-state index contributed by atoms with van der Waals surface area (Å²) in [5, 5.41) is 0. The maximum Gasteiger partial charge on any atom is 0.0934 e. The Morgan fingerprint density at radius 1 is 0.511 bits per heavy atom. The van der Waals surface area contributed by atoms with Crippen LogP contribution >= 0.6 is 0 Å². The van der Waals surface area contributed by atoms with Gasteiger partial charge in [0.2, 0.25) is 0 Å². The Hall–Kier alpha value is -1.20. The zero-order chi connectivity index (χ0) is 33.6. The summed E-state index contributed by atoms with van der Waals surface area (Å²) in [4.78, 5) is 2.48. The normalized spacial score (nSPS) is 15.4. The van der Waals surface area contributed by atoms with E-state index in [-0.39, 0.29) is 6.10 Å². The van der Waals surface area contributed by atoms with E-state index < -0.39 is 0 Å². The molecule has 1 aliphatic rings. The van der Waals surface area contributed by atoms with E-state index in [1.54, 1.807) is 0 Å². The highest BCUT2D eigenvalue weighted by Crippen LogP contribution is 2.11. The van der Waals surface area contributed by atoms with E-state index in [0.29, 0.717) is 0 Å². The molecule has 0 amide bonds. The molecular formula is C43H79NO3. The van der Waals surface area contributed by atoms with Crippen molar-refractivity contribution in [3.05, 3.63) is 48.6 Å². The molecule has 1 saturated heterocycles. The largest absolute Gasteiger partial charge is 0.379 e. The molecule has 0 aromatic heterocycles. The summed E-state index contributed by atoms with van der Waals surface area (Å²) in [6.45, 7) is 11.6. The molecule has 0 bridgehead atoms. The van der Waals surface area contributed by atoms with Gasteiger partial charge in [-0.3, -0.25) is 4.90 Å². The molecule has 0 radical (unpaired) electrons. The summed E-state index contributed by atoms with van der Waals surface area (Å²) in [5.41, 5.74) is 0. The van der Waals surface area contributed by atoms with Gasteiger partial charge in [0, 0.05) is 32.8 Å². The lowest BCUT2D eigenvalue weighted by Crippen LogP contribution is -2.43. The molecule has 4 heteroatoms. The molecule has 1 atom stereocenters. The van der Waals surface area contributed by atoms with Crippen LogP contribution in [0.3, 0.4) is 0 Å². The minimum Gasteiger partial charge on any atom is -0.379 e. The van der Waals surface area contributed by atoms with Crippen LogP contribution in [0.5, 0.6) is 0 Å². The van der Waals surface area contributed by atoms with E-state index in [1.807, 2.05) is 0 Å². The second-order valence-electron chi connectivity index (χ2n) is 13.6. The number of morpholine rings is 1. The highest BCUT2D eigenvalue weighted by Gasteiger charge is 2.17. The number of hydrogen-bond acceptors (Lipinski definition) is 4. The molecule has 0 spiro atoms. The number of nitrogens with zero attached hydrogens (tertiary/aromatic N) is 1. The molecule has 0 aromatic rings. The van der Waals surface area contributed by atoms with Crippen molar-refractivity contribution < 1.29 is 14.2 Å². The van der Waals surface area contributed by atoms with Gasteiger partial charge in [-0.15, -0.1) is 0 Å². The Morgan fingerprint density at radius 2 is 0.936 bits per heavy atom. The van der Waals surface area contributed by atoms with Gasteiger partial charge in [-0.25, -0.2) is 0 Å². The minimum atomic E-state index is 0.177. The lowest BCUT2D eigenvalue weighted by molar-refractivity contribution is -0.0496. The Bertz CT molecular complexity index is 725. The van der Waals surface area contributed by atoms with Crippen LogP contribution in [-0.2, 0) is 14.2 Å². The molecule has 47 heavy (non-hydrogen) atoms. The van der Waals surface area contributed by atoms with Gasteiger partial charge in [0.25, 0.3) is 0 Å². The van der Waals surface area contributed by atoms with Gasteiger partial charge in [0.05, 0.1) is 25.9 Å². The summed E-state index contributed by atoms with van der Waals surface area (Å²) in [6, 6.07) is 0. The van der Waals surface area contributed by atoms with Crippen LogP contribution in [0.1, 0.15) is 168 Å². The monoisotopic (exact) mass is 658 g/mol. The first-order valence-electron chi connectivity index (χ1n) is 20.5. The predicted octanol–water partition coefficient (Wildman–Crippen LogP) is 12.3. The van der Waals surface area contributed by atoms with Gasteiger partial charge in [0.1, 0.15) is 0 Å². The van der Waals surface area contributed by atoms with E-state index in [0.717, 1.165) is 71.9 Å². The molecule has 1 aliphatic heterocycles. The maximum atomic E-state index is 6.37. The summed E-state index contributed by atoms with van der Waals surface area (Å²) in [5.74, 6) is 0. The summed E-state index contributed by atoms with van der Waals surface area (Å²) in [7, 11) is 0. The minimum absolute atomic E-state index is 0.177. The number of hydrogen-bond donors (Lipinski definition) is 0. The van der Waals surface area contributed by atoms with E-state index in [9.17, 15) is 0 Å². The van der Waals surface area contributed by atoms with Gasteiger partial charge < -0.3 is 14.2 Å². The third kappa shape index (κ3) is 33.1. The van der Waals surface area contributed by atoms with Gasteiger partial charge >= 0.3 is 0 Å². The van der Waals surface area contributed by atoms with Crippen LogP contribution in [-0.4, -0.2) is 63.7 Å². The zero-order valence-electron chi connectivity index (χ0n) is 31.5. The lowest BCUT2D eigenvalue weighted by Gasteiger charge is -2.30. The SMILES string of the molecule is CCCCC/C=C\C/C=C\CCCCCCCCOCC(CN1CCOCC1)OCCCCCCCC/C=C/C/C=C/CCCCC. The Labute approximate surface area is 293 Å². The number of allylic oxidation sites excluding steroid dienone is 8. The molecule has 0 aromatic carbocycles. The fraction of sp³-hybridized carbons (Fsp3) is 0.814. The Morgan fingerprint density at radius 3 is 1.43 bits per heavy atom. The van der Waals surface area contributed by atoms with Crippen molar-refractivity contribution >= 4 is 0 Å².